The average Bonchev–Trinajstić information content (AvgIpc) is 2.87. The fourth-order valence-electron chi connectivity index (χ4n) is 1.14. The van der Waals surface area contributed by atoms with Crippen LogP contribution in [0.25, 0.3) is 0 Å². The second-order valence-electron chi connectivity index (χ2n) is 3.13. The molecule has 88 valence electrons. The fourth-order valence-corrected chi connectivity index (χ4v) is 1.98. The van der Waals surface area contributed by atoms with Gasteiger partial charge >= 0.3 is 0 Å². The standard InChI is InChI=1S/C9H9N5O2S/c1-5(15)12-7-3-2-6(17-7)8(16)13-9-10-4-11-14-9/h2-4H,1H3,(H,12,15)(H2,10,11,13,14,16). The summed E-state index contributed by atoms with van der Waals surface area (Å²) in [4.78, 5) is 26.8. The first kappa shape index (κ1) is 11.3. The van der Waals surface area contributed by atoms with Gasteiger partial charge in [-0.05, 0) is 12.1 Å². The molecule has 2 aromatic heterocycles. The number of aromatic nitrogens is 3. The molecule has 0 aromatic carbocycles. The van der Waals surface area contributed by atoms with Gasteiger partial charge in [-0.2, -0.15) is 10.1 Å². The smallest absolute Gasteiger partial charge is 0.268 e. The molecule has 0 saturated heterocycles. The van der Waals surface area contributed by atoms with Crippen molar-refractivity contribution in [2.45, 2.75) is 6.92 Å². The zero-order valence-corrected chi connectivity index (χ0v) is 9.67. The van der Waals surface area contributed by atoms with Crippen molar-refractivity contribution in [3.8, 4) is 0 Å². The average molecular weight is 251 g/mol. The number of aromatic amines is 1. The van der Waals surface area contributed by atoms with Crippen molar-refractivity contribution in [2.75, 3.05) is 10.6 Å². The zero-order valence-electron chi connectivity index (χ0n) is 8.85. The summed E-state index contributed by atoms with van der Waals surface area (Å²) < 4.78 is 0. The number of hydrogen-bond acceptors (Lipinski definition) is 5. The highest BCUT2D eigenvalue weighted by atomic mass is 32.1. The van der Waals surface area contributed by atoms with E-state index in [1.54, 1.807) is 12.1 Å². The van der Waals surface area contributed by atoms with Crippen LogP contribution in [0.5, 0.6) is 0 Å². The lowest BCUT2D eigenvalue weighted by molar-refractivity contribution is -0.114. The summed E-state index contributed by atoms with van der Waals surface area (Å²) in [5, 5.41) is 11.9. The first-order chi connectivity index (χ1) is 8.15. The molecule has 0 radical (unpaired) electrons. The van der Waals surface area contributed by atoms with Crippen LogP contribution in [0.1, 0.15) is 16.6 Å². The lowest BCUT2D eigenvalue weighted by Crippen LogP contribution is -2.11. The van der Waals surface area contributed by atoms with Crippen LogP contribution in [-0.4, -0.2) is 27.0 Å². The van der Waals surface area contributed by atoms with Gasteiger partial charge in [0.25, 0.3) is 5.91 Å². The lowest BCUT2D eigenvalue weighted by atomic mass is 10.4. The molecule has 0 fully saturated rings. The van der Waals surface area contributed by atoms with E-state index >= 15 is 0 Å². The molecule has 0 atom stereocenters. The summed E-state index contributed by atoms with van der Waals surface area (Å²) in [5.41, 5.74) is 0. The third kappa shape index (κ3) is 2.88. The quantitative estimate of drug-likeness (QED) is 0.759. The van der Waals surface area contributed by atoms with E-state index in [0.29, 0.717) is 9.88 Å². The van der Waals surface area contributed by atoms with Gasteiger partial charge in [-0.1, -0.05) is 0 Å². The topological polar surface area (TPSA) is 99.8 Å². The number of nitrogens with zero attached hydrogens (tertiary/aromatic N) is 2. The first-order valence-electron chi connectivity index (χ1n) is 4.69. The van der Waals surface area contributed by atoms with Crippen LogP contribution in [0.2, 0.25) is 0 Å². The van der Waals surface area contributed by atoms with E-state index in [2.05, 4.69) is 25.8 Å². The minimum absolute atomic E-state index is 0.172. The minimum atomic E-state index is -0.302. The van der Waals surface area contributed by atoms with Gasteiger partial charge in [-0.15, -0.1) is 11.3 Å². The zero-order chi connectivity index (χ0) is 12.3. The van der Waals surface area contributed by atoms with Crippen LogP contribution >= 0.6 is 11.3 Å². The van der Waals surface area contributed by atoms with E-state index in [-0.39, 0.29) is 17.8 Å². The van der Waals surface area contributed by atoms with Gasteiger partial charge in [0.15, 0.2) is 0 Å². The molecule has 8 heteroatoms. The molecule has 2 amide bonds. The molecule has 0 spiro atoms. The van der Waals surface area contributed by atoms with Crippen LogP contribution < -0.4 is 10.6 Å². The highest BCUT2D eigenvalue weighted by Gasteiger charge is 2.11. The Balaban J connectivity index is 2.04. The summed E-state index contributed by atoms with van der Waals surface area (Å²) in [6.07, 6.45) is 1.30. The Labute approximate surface area is 100 Å². The molecule has 0 aliphatic rings. The van der Waals surface area contributed by atoms with E-state index < -0.39 is 0 Å². The second kappa shape index (κ2) is 4.74. The molecule has 0 aliphatic heterocycles. The maximum absolute atomic E-state index is 11.7. The Morgan fingerprint density at radius 3 is 2.82 bits per heavy atom. The highest BCUT2D eigenvalue weighted by Crippen LogP contribution is 2.22. The molecule has 0 bridgehead atoms. The third-order valence-corrected chi connectivity index (χ3v) is 2.78. The Bertz CT molecular complexity index is 533. The molecule has 7 nitrogen and oxygen atoms in total. The highest BCUT2D eigenvalue weighted by molar-refractivity contribution is 7.18. The van der Waals surface area contributed by atoms with Crippen LogP contribution in [0.15, 0.2) is 18.5 Å². The summed E-state index contributed by atoms with van der Waals surface area (Å²) in [6.45, 7) is 1.41. The van der Waals surface area contributed by atoms with Gasteiger partial charge in [0, 0.05) is 6.92 Å². The molecule has 0 saturated carbocycles. The molecular weight excluding hydrogens is 242 g/mol. The molecule has 3 N–H and O–H groups in total. The van der Waals surface area contributed by atoms with Gasteiger partial charge in [0.1, 0.15) is 6.33 Å². The van der Waals surface area contributed by atoms with Crippen LogP contribution in [0, 0.1) is 0 Å². The van der Waals surface area contributed by atoms with E-state index in [0.717, 1.165) is 0 Å². The van der Waals surface area contributed by atoms with Crippen LogP contribution in [0.4, 0.5) is 10.9 Å². The van der Waals surface area contributed by atoms with Crippen molar-refractivity contribution < 1.29 is 9.59 Å². The molecular formula is C9H9N5O2S. The summed E-state index contributed by atoms with van der Waals surface area (Å²) in [5.74, 6) is -0.193. The maximum atomic E-state index is 11.7. The normalized spacial score (nSPS) is 9.94. The van der Waals surface area contributed by atoms with Crippen molar-refractivity contribution in [3.63, 3.8) is 0 Å². The molecule has 2 heterocycles. The summed E-state index contributed by atoms with van der Waals surface area (Å²) in [7, 11) is 0. The maximum Gasteiger partial charge on any atom is 0.268 e. The SMILES string of the molecule is CC(=O)Nc1ccc(C(=O)Nc2ncn[nH]2)s1. The number of thiophene rings is 1. The number of hydrogen-bond donors (Lipinski definition) is 3. The summed E-state index contributed by atoms with van der Waals surface area (Å²) in [6, 6.07) is 3.29. The van der Waals surface area contributed by atoms with Gasteiger partial charge in [-0.3, -0.25) is 14.9 Å². The molecule has 0 aliphatic carbocycles. The Morgan fingerprint density at radius 2 is 2.18 bits per heavy atom. The van der Waals surface area contributed by atoms with Gasteiger partial charge < -0.3 is 5.32 Å². The number of carbonyl (C=O) groups excluding carboxylic acids is 2. The number of H-pyrrole nitrogens is 1. The molecule has 2 rings (SSSR count). The largest absolute Gasteiger partial charge is 0.318 e. The molecule has 0 unspecified atom stereocenters. The Hall–Kier alpha value is -2.22. The van der Waals surface area contributed by atoms with E-state index in [9.17, 15) is 9.59 Å². The number of anilines is 2. The lowest BCUT2D eigenvalue weighted by Gasteiger charge is -1.97. The van der Waals surface area contributed by atoms with Crippen molar-refractivity contribution in [1.29, 1.82) is 0 Å². The van der Waals surface area contributed by atoms with Crippen molar-refractivity contribution in [3.05, 3.63) is 23.3 Å². The summed E-state index contributed by atoms with van der Waals surface area (Å²) >= 11 is 1.19. The predicted molar refractivity (Wildman–Crippen MR) is 63.0 cm³/mol. The number of amides is 2. The van der Waals surface area contributed by atoms with Gasteiger partial charge in [0.05, 0.1) is 9.88 Å². The second-order valence-corrected chi connectivity index (χ2v) is 4.22. The number of nitrogens with one attached hydrogen (secondary N) is 3. The molecule has 2 aromatic rings. The molecule has 17 heavy (non-hydrogen) atoms. The Morgan fingerprint density at radius 1 is 1.35 bits per heavy atom. The van der Waals surface area contributed by atoms with E-state index in [1.165, 1.54) is 24.6 Å². The Kier molecular flexibility index (Phi) is 3.15. The fraction of sp³-hybridized carbons (Fsp3) is 0.111. The van der Waals surface area contributed by atoms with Crippen molar-refractivity contribution in [1.82, 2.24) is 15.2 Å². The van der Waals surface area contributed by atoms with Gasteiger partial charge in [-0.25, -0.2) is 5.10 Å². The third-order valence-electron chi connectivity index (χ3n) is 1.78. The number of carbonyl (C=O) groups is 2. The minimum Gasteiger partial charge on any atom is -0.318 e. The number of rotatable bonds is 3. The van der Waals surface area contributed by atoms with Crippen LogP contribution in [0.3, 0.4) is 0 Å². The van der Waals surface area contributed by atoms with E-state index in [1.807, 2.05) is 0 Å². The monoisotopic (exact) mass is 251 g/mol. The van der Waals surface area contributed by atoms with Crippen molar-refractivity contribution in [2.24, 2.45) is 0 Å². The van der Waals surface area contributed by atoms with Gasteiger partial charge in [0.2, 0.25) is 11.9 Å². The van der Waals surface area contributed by atoms with Crippen molar-refractivity contribution >= 4 is 34.1 Å². The predicted octanol–water partition coefficient (Wildman–Crippen LogP) is 1.08. The van der Waals surface area contributed by atoms with E-state index in [4.69, 9.17) is 0 Å². The van der Waals surface area contributed by atoms with Crippen LogP contribution in [-0.2, 0) is 4.79 Å². The first-order valence-corrected chi connectivity index (χ1v) is 5.51.